The first-order valence-corrected chi connectivity index (χ1v) is 26.1. The third-order valence-electron chi connectivity index (χ3n) is 12.7. The van der Waals surface area contributed by atoms with Crippen molar-refractivity contribution in [1.29, 1.82) is 0 Å². The first kappa shape index (κ1) is 63.7. The molecule has 1 aliphatic heterocycles. The molecular weight excluding hydrogens is 995 g/mol. The number of amides is 7. The Balaban J connectivity index is 0.00000376. The van der Waals surface area contributed by atoms with Gasteiger partial charge >= 0.3 is 5.97 Å². The van der Waals surface area contributed by atoms with Gasteiger partial charge in [0.15, 0.2) is 5.96 Å². The number of guanidine groups is 1. The summed E-state index contributed by atoms with van der Waals surface area (Å²) in [6.07, 6.45) is 4.76. The van der Waals surface area contributed by atoms with Crippen molar-refractivity contribution in [3.63, 3.8) is 0 Å². The van der Waals surface area contributed by atoms with Crippen LogP contribution in [-0.2, 0) is 56.0 Å². The summed E-state index contributed by atoms with van der Waals surface area (Å²) in [7, 11) is 0. The summed E-state index contributed by atoms with van der Waals surface area (Å²) in [5, 5.41) is 34.4. The largest absolute Gasteiger partial charge is 0.481 e. The Kier molecular flexibility index (Phi) is 26.5. The number of nitrogens with zero attached hydrogens (tertiary/aromatic N) is 2. The number of rotatable bonds is 29. The molecular formula is C53H81N13O11. The van der Waals surface area contributed by atoms with Crippen LogP contribution in [0.2, 0.25) is 0 Å². The molecule has 3 aromatic rings. The number of nitrogens with one attached hydrogen (secondary N) is 7. The van der Waals surface area contributed by atoms with E-state index in [1.54, 1.807) is 50.4 Å². The van der Waals surface area contributed by atoms with Gasteiger partial charge in [-0.3, -0.25) is 43.3 Å². The molecule has 0 spiro atoms. The molecule has 424 valence electrons. The number of unbranched alkanes of at least 4 members (excludes halogenated alkanes) is 1. The Hall–Kier alpha value is -7.60. The molecule has 77 heavy (non-hydrogen) atoms. The van der Waals surface area contributed by atoms with Crippen molar-refractivity contribution in [3.05, 3.63) is 71.9 Å². The van der Waals surface area contributed by atoms with Crippen LogP contribution in [0.15, 0.2) is 65.8 Å². The van der Waals surface area contributed by atoms with E-state index in [9.17, 15) is 43.5 Å². The van der Waals surface area contributed by atoms with Gasteiger partial charge in [0, 0.05) is 50.0 Å². The van der Waals surface area contributed by atoms with Gasteiger partial charge in [-0.1, -0.05) is 82.6 Å². The van der Waals surface area contributed by atoms with Gasteiger partial charge in [-0.2, -0.15) is 0 Å². The zero-order valence-corrected chi connectivity index (χ0v) is 45.0. The van der Waals surface area contributed by atoms with Crippen molar-refractivity contribution in [2.75, 3.05) is 19.6 Å². The molecule has 17 N–H and O–H groups in total. The van der Waals surface area contributed by atoms with E-state index in [1.807, 2.05) is 38.1 Å². The number of likely N-dealkylation sites (tertiary alicyclic amines) is 1. The zero-order valence-electron chi connectivity index (χ0n) is 45.0. The lowest BCUT2D eigenvalue weighted by atomic mass is 9.99. The van der Waals surface area contributed by atoms with E-state index in [0.717, 1.165) is 23.4 Å². The molecule has 7 amide bonds. The number of carbonyl (C=O) groups is 9. The van der Waals surface area contributed by atoms with Gasteiger partial charge in [0.1, 0.15) is 42.3 Å². The number of nitrogens with two attached hydrogens (primary N) is 4. The Morgan fingerprint density at radius 1 is 0.714 bits per heavy atom. The van der Waals surface area contributed by atoms with E-state index in [4.69, 9.17) is 32.8 Å². The number of hydrogen-bond donors (Lipinski definition) is 13. The lowest BCUT2D eigenvalue weighted by Crippen LogP contribution is -2.60. The number of carboxylic acid groups (broad SMARTS) is 2. The van der Waals surface area contributed by atoms with Crippen molar-refractivity contribution in [2.45, 2.75) is 154 Å². The number of hydrogen-bond acceptors (Lipinski definition) is 12. The maximum absolute atomic E-state index is 14.4. The number of aliphatic carboxylic acids is 2. The lowest BCUT2D eigenvalue weighted by molar-refractivity contribution is -0.143. The van der Waals surface area contributed by atoms with Gasteiger partial charge in [0.05, 0.1) is 6.04 Å². The molecule has 1 aromatic heterocycles. The number of aromatic amines is 1. The first-order valence-electron chi connectivity index (χ1n) is 26.1. The van der Waals surface area contributed by atoms with Crippen LogP contribution in [0.5, 0.6) is 0 Å². The predicted molar refractivity (Wildman–Crippen MR) is 290 cm³/mol. The van der Waals surface area contributed by atoms with Gasteiger partial charge < -0.3 is 74.9 Å². The number of para-hydroxylation sites is 1. The Morgan fingerprint density at radius 2 is 1.32 bits per heavy atom. The quantitative estimate of drug-likeness (QED) is 0.0252. The van der Waals surface area contributed by atoms with Crippen molar-refractivity contribution in [3.8, 4) is 0 Å². The van der Waals surface area contributed by atoms with Crippen LogP contribution < -0.4 is 54.8 Å². The van der Waals surface area contributed by atoms with Crippen molar-refractivity contribution in [1.82, 2.24) is 41.8 Å². The molecule has 24 heteroatoms. The summed E-state index contributed by atoms with van der Waals surface area (Å²) in [4.78, 5) is 127. The van der Waals surface area contributed by atoms with E-state index in [1.165, 1.54) is 11.8 Å². The lowest BCUT2D eigenvalue weighted by Gasteiger charge is -2.30. The minimum absolute atomic E-state index is 0.00722. The fraction of sp³-hybridized carbons (Fsp3) is 0.547. The van der Waals surface area contributed by atoms with E-state index in [0.29, 0.717) is 44.2 Å². The van der Waals surface area contributed by atoms with Crippen LogP contribution in [0.1, 0.15) is 104 Å². The molecule has 1 saturated heterocycles. The summed E-state index contributed by atoms with van der Waals surface area (Å²) in [5.41, 5.74) is 24.9. The Morgan fingerprint density at radius 3 is 1.95 bits per heavy atom. The smallest absolute Gasteiger partial charge is 0.326 e. The standard InChI is InChI=1S/C51H77N13O9.C2H4O2/c1-29(2)25-38(45(67)61-39(26-32-15-7-6-8-16-32)46(68)63-42(30(3)4)48(70)59-37(50(72)73)20-13-23-56-51(54)55)60-43(65)31(5)58-47(69)41-21-14-24-64(41)49(71)40(62-44(66)35(53)18-11-12-22-52)27-33-28-57-36-19-10-9-17-34(33)36;1-2(3)4/h6-10,15-17,19,28-31,35,37-42,57H,11-14,18,20-27,52-53H2,1-5H3,(H,58,69)(H,59,70)(H,60,65)(H,61,67)(H,62,66)(H,63,68)(H,72,73)(H4,54,55,56);1H3,(H,3,4)/t31-,35-,37+,38-,39-,40+,41+,42-;/m1./s1. The number of H-pyrrole nitrogens is 1. The summed E-state index contributed by atoms with van der Waals surface area (Å²) < 4.78 is 0. The SMILES string of the molecule is CC(=O)O.CC(C)C[C@@H](NC(=O)[C@@H](C)NC(=O)[C@@H]1CCCN1C(=O)[C@H](Cc1c[nH]c2ccccc12)NC(=O)[C@H](N)CCCCN)C(=O)N[C@H](Cc1ccccc1)C(=O)N[C@@H](C(=O)N[C@@H](CCCN=C(N)N)C(=O)O)C(C)C. The summed E-state index contributed by atoms with van der Waals surface area (Å²) >= 11 is 0. The second-order valence-corrected chi connectivity index (χ2v) is 20.0. The molecule has 4 rings (SSSR count). The third-order valence-corrected chi connectivity index (χ3v) is 12.7. The number of fused-ring (bicyclic) bond motifs is 1. The molecule has 0 saturated carbocycles. The molecule has 1 fully saturated rings. The highest BCUT2D eigenvalue weighted by Gasteiger charge is 2.40. The second-order valence-electron chi connectivity index (χ2n) is 20.0. The van der Waals surface area contributed by atoms with E-state index >= 15 is 0 Å². The summed E-state index contributed by atoms with van der Waals surface area (Å²) in [6.45, 7) is 10.4. The number of aromatic nitrogens is 1. The number of carboxylic acids is 2. The molecule has 2 heterocycles. The maximum Gasteiger partial charge on any atom is 0.326 e. The van der Waals surface area contributed by atoms with Crippen molar-refractivity contribution in [2.24, 2.45) is 39.8 Å². The third kappa shape index (κ3) is 21.5. The van der Waals surface area contributed by atoms with Crippen LogP contribution in [0.25, 0.3) is 10.9 Å². The number of benzene rings is 2. The molecule has 0 bridgehead atoms. The fourth-order valence-electron chi connectivity index (χ4n) is 8.66. The average Bonchev–Trinajstić information content (AvgIpc) is 4.03. The predicted octanol–water partition coefficient (Wildman–Crippen LogP) is 0.260. The highest BCUT2D eigenvalue weighted by atomic mass is 16.4. The average molecular weight is 1080 g/mol. The molecule has 0 unspecified atom stereocenters. The zero-order chi connectivity index (χ0) is 57.4. The van der Waals surface area contributed by atoms with Gasteiger partial charge in [-0.25, -0.2) is 4.79 Å². The highest BCUT2D eigenvalue weighted by molar-refractivity contribution is 5.98. The van der Waals surface area contributed by atoms with Crippen LogP contribution in [0.4, 0.5) is 0 Å². The van der Waals surface area contributed by atoms with Gasteiger partial charge in [0.2, 0.25) is 41.4 Å². The van der Waals surface area contributed by atoms with Gasteiger partial charge in [0.25, 0.3) is 5.97 Å². The summed E-state index contributed by atoms with van der Waals surface area (Å²) in [6, 6.07) is 7.33. The molecule has 24 nitrogen and oxygen atoms in total. The minimum Gasteiger partial charge on any atom is -0.481 e. The topological polar surface area (TPSA) is 402 Å². The monoisotopic (exact) mass is 1080 g/mol. The number of aliphatic imine (C=N–C) groups is 1. The van der Waals surface area contributed by atoms with Gasteiger partial charge in [-0.15, -0.1) is 0 Å². The molecule has 0 radical (unpaired) electrons. The Labute approximate surface area is 449 Å². The normalized spacial score (nSPS) is 15.8. The fourth-order valence-corrected chi connectivity index (χ4v) is 8.66. The van der Waals surface area contributed by atoms with E-state index in [-0.39, 0.29) is 57.1 Å². The number of carbonyl (C=O) groups excluding carboxylic acids is 7. The van der Waals surface area contributed by atoms with Crippen molar-refractivity contribution >= 4 is 70.2 Å². The first-order chi connectivity index (χ1) is 36.4. The molecule has 1 aliphatic rings. The molecule has 2 aromatic carbocycles. The van der Waals surface area contributed by atoms with Crippen LogP contribution in [0.3, 0.4) is 0 Å². The van der Waals surface area contributed by atoms with Crippen LogP contribution in [0, 0.1) is 11.8 Å². The summed E-state index contributed by atoms with van der Waals surface area (Å²) in [5.74, 6) is -7.39. The molecule has 0 aliphatic carbocycles. The van der Waals surface area contributed by atoms with Gasteiger partial charge in [-0.05, 0) is 87.4 Å². The Bertz CT molecular complexity index is 2480. The molecule has 8 atom stereocenters. The van der Waals surface area contributed by atoms with E-state index in [2.05, 4.69) is 41.9 Å². The minimum atomic E-state index is -1.30. The maximum atomic E-state index is 14.4. The second kappa shape index (κ2) is 32.1. The highest BCUT2D eigenvalue weighted by Crippen LogP contribution is 2.23. The van der Waals surface area contributed by atoms with E-state index < -0.39 is 108 Å². The van der Waals surface area contributed by atoms with Crippen molar-refractivity contribution < 1.29 is 53.4 Å². The van der Waals surface area contributed by atoms with Crippen LogP contribution >= 0.6 is 0 Å². The van der Waals surface area contributed by atoms with Crippen LogP contribution in [-0.4, -0.2) is 147 Å².